The Hall–Kier alpha value is -2.29. The van der Waals surface area contributed by atoms with Crippen LogP contribution in [-0.2, 0) is 19.3 Å². The van der Waals surface area contributed by atoms with Crippen LogP contribution in [0.2, 0.25) is 0 Å². The molecule has 3 nitrogen and oxygen atoms in total. The lowest BCUT2D eigenvalue weighted by atomic mass is 10.1. The molecule has 1 aliphatic rings. The molecule has 0 heterocycles. The fourth-order valence-electron chi connectivity index (χ4n) is 3.50. The maximum atomic E-state index is 6.44. The fourth-order valence-corrected chi connectivity index (χ4v) is 3.50. The molecule has 0 bridgehead atoms. The lowest BCUT2D eigenvalue weighted by Gasteiger charge is -2.28. The molecule has 0 saturated heterocycles. The Labute approximate surface area is 145 Å². The number of rotatable bonds is 4. The van der Waals surface area contributed by atoms with E-state index in [0.717, 1.165) is 30.6 Å². The first kappa shape index (κ1) is 16.6. The SMILES string of the molecule is CCc1cccc(N(C(N)=Nc2cccc3c2CCC3)C(C)C)c1. The summed E-state index contributed by atoms with van der Waals surface area (Å²) in [5.74, 6) is 0.568. The van der Waals surface area contributed by atoms with Gasteiger partial charge in [-0.15, -0.1) is 0 Å². The molecule has 0 amide bonds. The number of guanidine groups is 1. The Kier molecular flexibility index (Phi) is 4.89. The van der Waals surface area contributed by atoms with Crippen molar-refractivity contribution in [3.05, 3.63) is 59.2 Å². The summed E-state index contributed by atoms with van der Waals surface area (Å²) in [4.78, 5) is 6.92. The van der Waals surface area contributed by atoms with E-state index in [4.69, 9.17) is 10.7 Å². The minimum Gasteiger partial charge on any atom is -0.369 e. The second kappa shape index (κ2) is 7.08. The standard InChI is InChI=1S/C21H27N3/c1-4-16-8-5-11-18(14-16)24(15(2)3)21(22)23-20-13-7-10-17-9-6-12-19(17)20/h5,7-8,10-11,13-15H,4,6,9,12H2,1-3H3,(H2,22,23). The number of fused-ring (bicyclic) bond motifs is 1. The van der Waals surface area contributed by atoms with Gasteiger partial charge in [0.25, 0.3) is 0 Å². The summed E-state index contributed by atoms with van der Waals surface area (Å²) in [6, 6.07) is 15.2. The Bertz CT molecular complexity index is 746. The van der Waals surface area contributed by atoms with E-state index in [-0.39, 0.29) is 6.04 Å². The smallest absolute Gasteiger partial charge is 0.201 e. The summed E-state index contributed by atoms with van der Waals surface area (Å²) in [6.45, 7) is 6.47. The largest absolute Gasteiger partial charge is 0.369 e. The molecular formula is C21H27N3. The number of aliphatic imine (C=N–C) groups is 1. The van der Waals surface area contributed by atoms with E-state index in [0.29, 0.717) is 5.96 Å². The Morgan fingerprint density at radius 1 is 1.17 bits per heavy atom. The molecule has 2 N–H and O–H groups in total. The molecule has 2 aromatic rings. The number of benzene rings is 2. The molecule has 0 unspecified atom stereocenters. The first-order chi connectivity index (χ1) is 11.6. The van der Waals surface area contributed by atoms with Crippen LogP contribution in [0.25, 0.3) is 0 Å². The summed E-state index contributed by atoms with van der Waals surface area (Å²) >= 11 is 0. The lowest BCUT2D eigenvalue weighted by Crippen LogP contribution is -2.42. The molecule has 0 fully saturated rings. The molecule has 0 atom stereocenters. The van der Waals surface area contributed by atoms with Crippen molar-refractivity contribution in [2.75, 3.05) is 4.90 Å². The van der Waals surface area contributed by atoms with Gasteiger partial charge in [-0.25, -0.2) is 4.99 Å². The summed E-state index contributed by atoms with van der Waals surface area (Å²) < 4.78 is 0. The van der Waals surface area contributed by atoms with Gasteiger partial charge in [-0.1, -0.05) is 31.2 Å². The number of aryl methyl sites for hydroxylation is 2. The molecule has 0 saturated carbocycles. The molecule has 3 heteroatoms. The average Bonchev–Trinajstić information content (AvgIpc) is 3.04. The third kappa shape index (κ3) is 3.30. The van der Waals surface area contributed by atoms with E-state index in [1.165, 1.54) is 23.1 Å². The number of hydrogen-bond donors (Lipinski definition) is 1. The number of nitrogens with zero attached hydrogens (tertiary/aromatic N) is 2. The topological polar surface area (TPSA) is 41.6 Å². The average molecular weight is 321 g/mol. The van der Waals surface area contributed by atoms with E-state index in [1.54, 1.807) is 0 Å². The van der Waals surface area contributed by atoms with Crippen molar-refractivity contribution < 1.29 is 0 Å². The van der Waals surface area contributed by atoms with Crippen molar-refractivity contribution in [2.45, 2.75) is 52.5 Å². The Balaban J connectivity index is 1.98. The van der Waals surface area contributed by atoms with Gasteiger partial charge in [0.1, 0.15) is 0 Å². The zero-order valence-corrected chi connectivity index (χ0v) is 14.9. The number of hydrogen-bond acceptors (Lipinski definition) is 1. The number of anilines is 1. The third-order valence-corrected chi connectivity index (χ3v) is 4.72. The molecule has 0 aromatic heterocycles. The van der Waals surface area contributed by atoms with Crippen LogP contribution < -0.4 is 10.6 Å². The lowest BCUT2D eigenvalue weighted by molar-refractivity contribution is 0.801. The highest BCUT2D eigenvalue weighted by Gasteiger charge is 2.18. The van der Waals surface area contributed by atoms with Gasteiger partial charge in [0.2, 0.25) is 5.96 Å². The van der Waals surface area contributed by atoms with Crippen LogP contribution >= 0.6 is 0 Å². The Morgan fingerprint density at radius 2 is 1.96 bits per heavy atom. The van der Waals surface area contributed by atoms with Crippen molar-refractivity contribution >= 4 is 17.3 Å². The van der Waals surface area contributed by atoms with Gasteiger partial charge in [0.15, 0.2) is 0 Å². The van der Waals surface area contributed by atoms with E-state index in [1.807, 2.05) is 0 Å². The van der Waals surface area contributed by atoms with E-state index in [9.17, 15) is 0 Å². The van der Waals surface area contributed by atoms with Gasteiger partial charge in [-0.05, 0) is 74.4 Å². The minimum atomic E-state index is 0.248. The number of nitrogens with two attached hydrogens (primary N) is 1. The quantitative estimate of drug-likeness (QED) is 0.660. The summed E-state index contributed by atoms with van der Waals surface area (Å²) in [5.41, 5.74) is 12.7. The molecule has 1 aliphatic carbocycles. The van der Waals surface area contributed by atoms with Crippen LogP contribution in [-0.4, -0.2) is 12.0 Å². The molecule has 126 valence electrons. The molecule has 3 rings (SSSR count). The maximum absolute atomic E-state index is 6.44. The third-order valence-electron chi connectivity index (χ3n) is 4.72. The van der Waals surface area contributed by atoms with Gasteiger partial charge in [0.05, 0.1) is 5.69 Å². The predicted molar refractivity (Wildman–Crippen MR) is 103 cm³/mol. The first-order valence-corrected chi connectivity index (χ1v) is 8.93. The van der Waals surface area contributed by atoms with E-state index in [2.05, 4.69) is 68.1 Å². The highest BCUT2D eigenvalue weighted by Crippen LogP contribution is 2.31. The highest BCUT2D eigenvalue weighted by atomic mass is 15.3. The summed E-state index contributed by atoms with van der Waals surface area (Å²) in [5, 5.41) is 0. The maximum Gasteiger partial charge on any atom is 0.201 e. The summed E-state index contributed by atoms with van der Waals surface area (Å²) in [7, 11) is 0. The van der Waals surface area contributed by atoms with Gasteiger partial charge in [0, 0.05) is 11.7 Å². The van der Waals surface area contributed by atoms with Crippen LogP contribution in [0.15, 0.2) is 47.5 Å². The fraction of sp³-hybridized carbons (Fsp3) is 0.381. The zero-order valence-electron chi connectivity index (χ0n) is 14.9. The second-order valence-electron chi connectivity index (χ2n) is 6.73. The molecule has 0 radical (unpaired) electrons. The van der Waals surface area contributed by atoms with Crippen molar-refractivity contribution in [2.24, 2.45) is 10.7 Å². The van der Waals surface area contributed by atoms with Crippen LogP contribution in [0, 0.1) is 0 Å². The van der Waals surface area contributed by atoms with E-state index < -0.39 is 0 Å². The monoisotopic (exact) mass is 321 g/mol. The molecular weight excluding hydrogens is 294 g/mol. The van der Waals surface area contributed by atoms with E-state index >= 15 is 0 Å². The minimum absolute atomic E-state index is 0.248. The van der Waals surface area contributed by atoms with Crippen LogP contribution in [0.5, 0.6) is 0 Å². The van der Waals surface area contributed by atoms with Crippen LogP contribution in [0.3, 0.4) is 0 Å². The Morgan fingerprint density at radius 3 is 2.71 bits per heavy atom. The van der Waals surface area contributed by atoms with Gasteiger partial charge >= 0.3 is 0 Å². The van der Waals surface area contributed by atoms with Gasteiger partial charge in [-0.3, -0.25) is 0 Å². The first-order valence-electron chi connectivity index (χ1n) is 8.93. The summed E-state index contributed by atoms with van der Waals surface area (Å²) in [6.07, 6.45) is 4.50. The highest BCUT2D eigenvalue weighted by molar-refractivity contribution is 5.97. The van der Waals surface area contributed by atoms with Crippen molar-refractivity contribution in [3.8, 4) is 0 Å². The normalized spacial score (nSPS) is 14.1. The second-order valence-corrected chi connectivity index (χ2v) is 6.73. The molecule has 24 heavy (non-hydrogen) atoms. The zero-order chi connectivity index (χ0) is 17.1. The van der Waals surface area contributed by atoms with Crippen LogP contribution in [0.1, 0.15) is 43.9 Å². The van der Waals surface area contributed by atoms with Gasteiger partial charge < -0.3 is 10.6 Å². The predicted octanol–water partition coefficient (Wildman–Crippen LogP) is 4.60. The van der Waals surface area contributed by atoms with Crippen molar-refractivity contribution in [1.82, 2.24) is 0 Å². The van der Waals surface area contributed by atoms with Crippen molar-refractivity contribution in [3.63, 3.8) is 0 Å². The molecule has 0 aliphatic heterocycles. The molecule has 2 aromatic carbocycles. The van der Waals surface area contributed by atoms with Crippen LogP contribution in [0.4, 0.5) is 11.4 Å². The van der Waals surface area contributed by atoms with Gasteiger partial charge in [-0.2, -0.15) is 0 Å². The molecule has 0 spiro atoms. The van der Waals surface area contributed by atoms with Crippen molar-refractivity contribution in [1.29, 1.82) is 0 Å².